The van der Waals surface area contributed by atoms with Gasteiger partial charge in [0.15, 0.2) is 0 Å². The van der Waals surface area contributed by atoms with Crippen molar-refractivity contribution in [3.8, 4) is 0 Å². The number of rotatable bonds is 3. The minimum atomic E-state index is -0.490. The molecule has 0 aliphatic carbocycles. The van der Waals surface area contributed by atoms with Crippen molar-refractivity contribution in [3.05, 3.63) is 21.7 Å². The molecule has 1 unspecified atom stereocenters. The Morgan fingerprint density at radius 2 is 2.47 bits per heavy atom. The van der Waals surface area contributed by atoms with E-state index in [2.05, 4.69) is 15.6 Å². The van der Waals surface area contributed by atoms with Crippen molar-refractivity contribution in [2.45, 2.75) is 18.9 Å². The summed E-state index contributed by atoms with van der Waals surface area (Å²) in [5.74, 6) is -0.120. The molecule has 1 fully saturated rings. The van der Waals surface area contributed by atoms with E-state index in [1.807, 2.05) is 0 Å². The SMILES string of the molecule is O=C1NCCCC1Nc1nc2sccn2c1[N+](=O)[O-]. The highest BCUT2D eigenvalue weighted by molar-refractivity contribution is 7.15. The average molecular weight is 281 g/mol. The van der Waals surface area contributed by atoms with Crippen LogP contribution in [0, 0.1) is 10.1 Å². The number of fused-ring (bicyclic) bond motifs is 1. The molecule has 100 valence electrons. The van der Waals surface area contributed by atoms with Crippen LogP contribution in [0.3, 0.4) is 0 Å². The van der Waals surface area contributed by atoms with Crippen LogP contribution in [0.15, 0.2) is 11.6 Å². The van der Waals surface area contributed by atoms with Gasteiger partial charge in [-0.3, -0.25) is 4.79 Å². The third-order valence-corrected chi connectivity index (χ3v) is 3.76. The molecule has 3 rings (SSSR count). The predicted molar refractivity (Wildman–Crippen MR) is 69.4 cm³/mol. The summed E-state index contributed by atoms with van der Waals surface area (Å²) < 4.78 is 1.41. The third-order valence-electron chi connectivity index (χ3n) is 3.01. The number of imidazole rings is 1. The Balaban J connectivity index is 1.95. The smallest absolute Gasteiger partial charge is 0.358 e. The molecular formula is C10H11N5O3S. The maximum atomic E-state index is 11.7. The second kappa shape index (κ2) is 4.50. The van der Waals surface area contributed by atoms with Crippen molar-refractivity contribution < 1.29 is 9.72 Å². The lowest BCUT2D eigenvalue weighted by Crippen LogP contribution is -2.44. The standard InChI is InChI=1S/C10H11N5O3S/c16-8-6(2-1-3-11-8)12-7-9(15(17)18)14-4-5-19-10(14)13-7/h4-6,12H,1-3H2,(H,11,16). The van der Waals surface area contributed by atoms with Gasteiger partial charge in [-0.05, 0) is 17.8 Å². The fraction of sp³-hybridized carbons (Fsp3) is 0.400. The highest BCUT2D eigenvalue weighted by atomic mass is 32.1. The zero-order valence-corrected chi connectivity index (χ0v) is 10.6. The maximum Gasteiger partial charge on any atom is 0.372 e. The fourth-order valence-electron chi connectivity index (χ4n) is 2.12. The van der Waals surface area contributed by atoms with Gasteiger partial charge < -0.3 is 20.7 Å². The van der Waals surface area contributed by atoms with Crippen LogP contribution in [-0.2, 0) is 4.79 Å². The lowest BCUT2D eigenvalue weighted by molar-refractivity contribution is -0.389. The van der Waals surface area contributed by atoms with E-state index in [-0.39, 0.29) is 17.5 Å². The van der Waals surface area contributed by atoms with Crippen LogP contribution in [-0.4, -0.2) is 32.8 Å². The van der Waals surface area contributed by atoms with Gasteiger partial charge in [0.2, 0.25) is 11.7 Å². The summed E-state index contributed by atoms with van der Waals surface area (Å²) in [4.78, 5) is 27.0. The second-order valence-electron chi connectivity index (χ2n) is 4.23. The van der Waals surface area contributed by atoms with Crippen molar-refractivity contribution in [2.75, 3.05) is 11.9 Å². The molecule has 9 heteroatoms. The number of hydrogen-bond acceptors (Lipinski definition) is 6. The Labute approximate surface area is 111 Å². The van der Waals surface area contributed by atoms with Crippen molar-refractivity contribution in [1.29, 1.82) is 0 Å². The third kappa shape index (κ3) is 2.01. The number of aromatic nitrogens is 2. The van der Waals surface area contributed by atoms with Gasteiger partial charge in [-0.25, -0.2) is 0 Å². The number of nitrogens with one attached hydrogen (secondary N) is 2. The number of nitrogens with zero attached hydrogens (tertiary/aromatic N) is 3. The fourth-order valence-corrected chi connectivity index (χ4v) is 2.83. The van der Waals surface area contributed by atoms with Gasteiger partial charge in [0.25, 0.3) is 4.96 Å². The highest BCUT2D eigenvalue weighted by Gasteiger charge is 2.29. The Morgan fingerprint density at radius 1 is 1.63 bits per heavy atom. The van der Waals surface area contributed by atoms with Crippen molar-refractivity contribution in [2.24, 2.45) is 0 Å². The molecule has 19 heavy (non-hydrogen) atoms. The zero-order chi connectivity index (χ0) is 13.4. The number of amides is 1. The second-order valence-corrected chi connectivity index (χ2v) is 5.10. The molecule has 2 N–H and O–H groups in total. The number of anilines is 1. The number of piperidine rings is 1. The Bertz CT molecular complexity index is 649. The van der Waals surface area contributed by atoms with E-state index in [0.29, 0.717) is 17.9 Å². The molecule has 3 heterocycles. The number of nitro groups is 1. The van der Waals surface area contributed by atoms with Crippen LogP contribution in [0.25, 0.3) is 4.96 Å². The summed E-state index contributed by atoms with van der Waals surface area (Å²) in [6, 6.07) is -0.461. The van der Waals surface area contributed by atoms with Crippen LogP contribution in [0.4, 0.5) is 11.6 Å². The van der Waals surface area contributed by atoms with E-state index in [1.165, 1.54) is 15.7 Å². The lowest BCUT2D eigenvalue weighted by atomic mass is 10.1. The van der Waals surface area contributed by atoms with Crippen LogP contribution in [0.2, 0.25) is 0 Å². The van der Waals surface area contributed by atoms with Crippen molar-refractivity contribution in [1.82, 2.24) is 14.7 Å². The van der Waals surface area contributed by atoms with Crippen molar-refractivity contribution >= 4 is 33.8 Å². The van der Waals surface area contributed by atoms with Crippen LogP contribution < -0.4 is 10.6 Å². The van der Waals surface area contributed by atoms with E-state index in [1.54, 1.807) is 11.6 Å². The number of carbonyl (C=O) groups is 1. The number of hydrogen-bond donors (Lipinski definition) is 2. The molecular weight excluding hydrogens is 270 g/mol. The minimum absolute atomic E-state index is 0.130. The molecule has 1 amide bonds. The quantitative estimate of drug-likeness (QED) is 0.645. The molecule has 2 aromatic rings. The van der Waals surface area contributed by atoms with Gasteiger partial charge in [0.05, 0.1) is 0 Å². The molecule has 0 radical (unpaired) electrons. The van der Waals surface area contributed by atoms with E-state index >= 15 is 0 Å². The predicted octanol–water partition coefficient (Wildman–Crippen LogP) is 0.994. The molecule has 0 bridgehead atoms. The number of carbonyl (C=O) groups excluding carboxylic acids is 1. The monoisotopic (exact) mass is 281 g/mol. The minimum Gasteiger partial charge on any atom is -0.358 e. The summed E-state index contributed by atoms with van der Waals surface area (Å²) in [5.41, 5.74) is 0. The first-order valence-corrected chi connectivity index (χ1v) is 6.69. The van der Waals surface area contributed by atoms with Gasteiger partial charge >= 0.3 is 5.82 Å². The van der Waals surface area contributed by atoms with Crippen LogP contribution >= 0.6 is 11.3 Å². The molecule has 1 aliphatic heterocycles. The van der Waals surface area contributed by atoms with Gasteiger partial charge in [-0.1, -0.05) is 11.3 Å². The van der Waals surface area contributed by atoms with Crippen LogP contribution in [0.1, 0.15) is 12.8 Å². The maximum absolute atomic E-state index is 11.7. The molecule has 8 nitrogen and oxygen atoms in total. The van der Waals surface area contributed by atoms with E-state index in [0.717, 1.165) is 6.42 Å². The normalized spacial score (nSPS) is 19.4. The molecule has 1 atom stereocenters. The Hall–Kier alpha value is -2.16. The van der Waals surface area contributed by atoms with Gasteiger partial charge in [0, 0.05) is 11.9 Å². The molecule has 1 aliphatic rings. The summed E-state index contributed by atoms with van der Waals surface area (Å²) in [5, 5.41) is 18.5. The summed E-state index contributed by atoms with van der Waals surface area (Å²) >= 11 is 1.31. The summed E-state index contributed by atoms with van der Waals surface area (Å²) in [6.45, 7) is 0.650. The first kappa shape index (κ1) is 11.9. The number of thiazole rings is 1. The topological polar surface area (TPSA) is 102 Å². The van der Waals surface area contributed by atoms with E-state index in [9.17, 15) is 14.9 Å². The van der Waals surface area contributed by atoms with Crippen molar-refractivity contribution in [3.63, 3.8) is 0 Å². The van der Waals surface area contributed by atoms with Gasteiger partial charge in [-0.2, -0.15) is 9.38 Å². The highest BCUT2D eigenvalue weighted by Crippen LogP contribution is 2.29. The first-order valence-electron chi connectivity index (χ1n) is 5.81. The van der Waals surface area contributed by atoms with Gasteiger partial charge in [0.1, 0.15) is 12.2 Å². The Kier molecular flexibility index (Phi) is 2.82. The van der Waals surface area contributed by atoms with Crippen LogP contribution in [0.5, 0.6) is 0 Å². The molecule has 2 aromatic heterocycles. The van der Waals surface area contributed by atoms with E-state index in [4.69, 9.17) is 0 Å². The Morgan fingerprint density at radius 3 is 3.21 bits per heavy atom. The average Bonchev–Trinajstić information content (AvgIpc) is 2.91. The molecule has 1 saturated heterocycles. The molecule has 0 aromatic carbocycles. The lowest BCUT2D eigenvalue weighted by Gasteiger charge is -2.22. The van der Waals surface area contributed by atoms with E-state index < -0.39 is 11.0 Å². The van der Waals surface area contributed by atoms with Gasteiger partial charge in [-0.15, -0.1) is 0 Å². The molecule has 0 spiro atoms. The first-order chi connectivity index (χ1) is 9.16. The summed E-state index contributed by atoms with van der Waals surface area (Å²) in [7, 11) is 0. The summed E-state index contributed by atoms with van der Waals surface area (Å²) in [6.07, 6.45) is 3.09. The molecule has 0 saturated carbocycles. The largest absolute Gasteiger partial charge is 0.372 e. The zero-order valence-electron chi connectivity index (χ0n) is 9.83.